The number of hydrogen-bond donors (Lipinski definition) is 1. The van der Waals surface area contributed by atoms with Crippen molar-refractivity contribution in [3.63, 3.8) is 0 Å². The second kappa shape index (κ2) is 5.66. The standard InChI is InChI=1S/C17H17FN2O/c1-2-17-19-14-5-3-4-6-15(14)20(17)11-16(21)12-7-9-13(18)10-8-12/h3-10,16,21H,2,11H2,1H3. The second-order valence-corrected chi connectivity index (χ2v) is 5.05. The molecule has 0 aliphatic rings. The summed E-state index contributed by atoms with van der Waals surface area (Å²) in [5, 5.41) is 10.4. The molecule has 0 aliphatic heterocycles. The summed E-state index contributed by atoms with van der Waals surface area (Å²) in [6, 6.07) is 13.8. The predicted octanol–water partition coefficient (Wildman–Crippen LogP) is 3.47. The summed E-state index contributed by atoms with van der Waals surface area (Å²) in [5.41, 5.74) is 2.65. The van der Waals surface area contributed by atoms with Gasteiger partial charge in [0.15, 0.2) is 0 Å². The molecule has 0 aliphatic carbocycles. The molecule has 0 radical (unpaired) electrons. The number of aryl methyl sites for hydroxylation is 1. The van der Waals surface area contributed by atoms with Crippen molar-refractivity contribution in [2.45, 2.75) is 26.0 Å². The van der Waals surface area contributed by atoms with Crippen LogP contribution >= 0.6 is 0 Å². The SMILES string of the molecule is CCc1nc2ccccc2n1CC(O)c1ccc(F)cc1. The van der Waals surface area contributed by atoms with Gasteiger partial charge in [0.1, 0.15) is 11.6 Å². The quantitative estimate of drug-likeness (QED) is 0.796. The lowest BCUT2D eigenvalue weighted by Crippen LogP contribution is -2.11. The number of rotatable bonds is 4. The van der Waals surface area contributed by atoms with E-state index < -0.39 is 6.10 Å². The van der Waals surface area contributed by atoms with Crippen LogP contribution in [0.25, 0.3) is 11.0 Å². The maximum atomic E-state index is 13.0. The third-order valence-electron chi connectivity index (χ3n) is 3.66. The first-order valence-electron chi connectivity index (χ1n) is 7.06. The Bertz CT molecular complexity index is 749. The third-order valence-corrected chi connectivity index (χ3v) is 3.66. The van der Waals surface area contributed by atoms with Crippen LogP contribution in [0.2, 0.25) is 0 Å². The summed E-state index contributed by atoms with van der Waals surface area (Å²) in [7, 11) is 0. The van der Waals surface area contributed by atoms with Gasteiger partial charge in [-0.2, -0.15) is 0 Å². The number of aromatic nitrogens is 2. The molecule has 1 heterocycles. The van der Waals surface area contributed by atoms with Crippen molar-refractivity contribution in [3.8, 4) is 0 Å². The van der Waals surface area contributed by atoms with Gasteiger partial charge in [0.05, 0.1) is 23.7 Å². The minimum absolute atomic E-state index is 0.298. The average molecular weight is 284 g/mol. The van der Waals surface area contributed by atoms with Crippen LogP contribution in [0.5, 0.6) is 0 Å². The number of para-hydroxylation sites is 2. The van der Waals surface area contributed by atoms with Gasteiger partial charge in [-0.1, -0.05) is 31.2 Å². The fourth-order valence-electron chi connectivity index (χ4n) is 2.56. The smallest absolute Gasteiger partial charge is 0.123 e. The number of aliphatic hydroxyl groups is 1. The van der Waals surface area contributed by atoms with Crippen molar-refractivity contribution in [3.05, 3.63) is 65.7 Å². The first kappa shape index (κ1) is 13.8. The highest BCUT2D eigenvalue weighted by Crippen LogP contribution is 2.22. The Labute approximate surface area is 122 Å². The molecule has 1 atom stereocenters. The minimum Gasteiger partial charge on any atom is -0.387 e. The second-order valence-electron chi connectivity index (χ2n) is 5.05. The highest BCUT2D eigenvalue weighted by molar-refractivity contribution is 5.75. The minimum atomic E-state index is -0.687. The van der Waals surface area contributed by atoms with Crippen molar-refractivity contribution in [1.29, 1.82) is 0 Å². The molecule has 4 heteroatoms. The van der Waals surface area contributed by atoms with Crippen molar-refractivity contribution < 1.29 is 9.50 Å². The maximum absolute atomic E-state index is 13.0. The van der Waals surface area contributed by atoms with Gasteiger partial charge in [-0.05, 0) is 29.8 Å². The Hall–Kier alpha value is -2.20. The van der Waals surface area contributed by atoms with Gasteiger partial charge in [0.2, 0.25) is 0 Å². The Morgan fingerprint density at radius 1 is 1.14 bits per heavy atom. The first-order valence-corrected chi connectivity index (χ1v) is 7.06. The van der Waals surface area contributed by atoms with E-state index in [2.05, 4.69) is 4.98 Å². The molecular weight excluding hydrogens is 267 g/mol. The molecule has 3 aromatic rings. The van der Waals surface area contributed by atoms with E-state index >= 15 is 0 Å². The number of nitrogens with zero attached hydrogens (tertiary/aromatic N) is 2. The Morgan fingerprint density at radius 3 is 2.57 bits per heavy atom. The van der Waals surface area contributed by atoms with E-state index in [1.54, 1.807) is 12.1 Å². The predicted molar refractivity (Wildman–Crippen MR) is 80.5 cm³/mol. The van der Waals surface area contributed by atoms with Gasteiger partial charge in [0.25, 0.3) is 0 Å². The number of aliphatic hydroxyl groups excluding tert-OH is 1. The highest BCUT2D eigenvalue weighted by Gasteiger charge is 2.14. The normalized spacial score (nSPS) is 12.7. The molecule has 21 heavy (non-hydrogen) atoms. The van der Waals surface area contributed by atoms with Gasteiger partial charge < -0.3 is 9.67 Å². The molecule has 0 saturated heterocycles. The Kier molecular flexibility index (Phi) is 3.71. The number of fused-ring (bicyclic) bond motifs is 1. The zero-order chi connectivity index (χ0) is 14.8. The summed E-state index contributed by atoms with van der Waals surface area (Å²) in [5.74, 6) is 0.644. The van der Waals surface area contributed by atoms with Crippen LogP contribution in [-0.4, -0.2) is 14.7 Å². The molecule has 3 nitrogen and oxygen atoms in total. The van der Waals surface area contributed by atoms with Crippen molar-refractivity contribution in [1.82, 2.24) is 9.55 Å². The monoisotopic (exact) mass is 284 g/mol. The van der Waals surface area contributed by atoms with Crippen molar-refractivity contribution in [2.24, 2.45) is 0 Å². The molecule has 1 N–H and O–H groups in total. The van der Waals surface area contributed by atoms with Crippen LogP contribution in [0, 0.1) is 5.82 Å². The van der Waals surface area contributed by atoms with Crippen LogP contribution in [0.1, 0.15) is 24.4 Å². The molecule has 1 unspecified atom stereocenters. The zero-order valence-corrected chi connectivity index (χ0v) is 11.8. The molecule has 0 fully saturated rings. The number of imidazole rings is 1. The highest BCUT2D eigenvalue weighted by atomic mass is 19.1. The molecule has 1 aromatic heterocycles. The Morgan fingerprint density at radius 2 is 1.86 bits per heavy atom. The van der Waals surface area contributed by atoms with Gasteiger partial charge >= 0.3 is 0 Å². The Balaban J connectivity index is 1.95. The molecule has 0 amide bonds. The summed E-state index contributed by atoms with van der Waals surface area (Å²) in [6.07, 6.45) is 0.110. The van der Waals surface area contributed by atoms with Crippen LogP contribution < -0.4 is 0 Å². The number of halogens is 1. The van der Waals surface area contributed by atoms with Crippen LogP contribution in [0.15, 0.2) is 48.5 Å². The summed E-state index contributed by atoms with van der Waals surface area (Å²) >= 11 is 0. The topological polar surface area (TPSA) is 38.0 Å². The molecule has 3 rings (SSSR count). The molecular formula is C17H17FN2O. The van der Waals surface area contributed by atoms with Gasteiger partial charge in [0, 0.05) is 6.42 Å². The van der Waals surface area contributed by atoms with Crippen molar-refractivity contribution in [2.75, 3.05) is 0 Å². The lowest BCUT2D eigenvalue weighted by atomic mass is 10.1. The lowest BCUT2D eigenvalue weighted by molar-refractivity contribution is 0.156. The van der Waals surface area contributed by atoms with Crippen LogP contribution in [0.4, 0.5) is 4.39 Å². The number of benzene rings is 2. The van der Waals surface area contributed by atoms with Gasteiger partial charge in [-0.25, -0.2) is 9.37 Å². The van der Waals surface area contributed by atoms with E-state index in [0.29, 0.717) is 12.1 Å². The van der Waals surface area contributed by atoms with Gasteiger partial charge in [-0.3, -0.25) is 0 Å². The maximum Gasteiger partial charge on any atom is 0.123 e. The van der Waals surface area contributed by atoms with E-state index in [9.17, 15) is 9.50 Å². The largest absolute Gasteiger partial charge is 0.387 e. The van der Waals surface area contributed by atoms with E-state index in [-0.39, 0.29) is 5.82 Å². The summed E-state index contributed by atoms with van der Waals surface area (Å²) < 4.78 is 15.0. The average Bonchev–Trinajstić information content (AvgIpc) is 2.86. The molecule has 108 valence electrons. The van der Waals surface area contributed by atoms with Crippen molar-refractivity contribution >= 4 is 11.0 Å². The fraction of sp³-hybridized carbons (Fsp3) is 0.235. The zero-order valence-electron chi connectivity index (χ0n) is 11.8. The summed E-state index contributed by atoms with van der Waals surface area (Å²) in [4.78, 5) is 4.58. The fourth-order valence-corrected chi connectivity index (χ4v) is 2.56. The molecule has 0 spiro atoms. The number of hydrogen-bond acceptors (Lipinski definition) is 2. The van der Waals surface area contributed by atoms with E-state index in [1.165, 1.54) is 12.1 Å². The van der Waals surface area contributed by atoms with Gasteiger partial charge in [-0.15, -0.1) is 0 Å². The van der Waals surface area contributed by atoms with E-state index in [1.807, 2.05) is 35.8 Å². The lowest BCUT2D eigenvalue weighted by Gasteiger charge is -2.14. The first-order chi connectivity index (χ1) is 10.2. The van der Waals surface area contributed by atoms with Crippen LogP contribution in [-0.2, 0) is 13.0 Å². The third kappa shape index (κ3) is 2.67. The molecule has 2 aromatic carbocycles. The molecule has 0 saturated carbocycles. The van der Waals surface area contributed by atoms with E-state index in [0.717, 1.165) is 23.3 Å². The summed E-state index contributed by atoms with van der Waals surface area (Å²) in [6.45, 7) is 2.46. The van der Waals surface area contributed by atoms with Crippen LogP contribution in [0.3, 0.4) is 0 Å². The van der Waals surface area contributed by atoms with E-state index in [4.69, 9.17) is 0 Å². The molecule has 0 bridgehead atoms.